The number of rotatable bonds is 23. The Hall–Kier alpha value is -6.91. The van der Waals surface area contributed by atoms with Gasteiger partial charge in [0.25, 0.3) is 0 Å². The summed E-state index contributed by atoms with van der Waals surface area (Å²) in [5.74, 6) is -0.360. The van der Waals surface area contributed by atoms with Crippen LogP contribution in [0.4, 0.5) is 17.2 Å². The molecule has 5 atom stereocenters. The summed E-state index contributed by atoms with van der Waals surface area (Å²) in [6.07, 6.45) is 1.23. The Bertz CT molecular complexity index is 2820. The number of phenolic OH excluding ortho intramolecular Hbond substituents is 1. The lowest BCUT2D eigenvalue weighted by Crippen LogP contribution is -2.58. The molecule has 0 radical (unpaired) electrons. The van der Waals surface area contributed by atoms with E-state index >= 15 is 0 Å². The van der Waals surface area contributed by atoms with Gasteiger partial charge in [0.2, 0.25) is 23.6 Å². The molecule has 5 aromatic rings. The number of benzene rings is 3. The minimum absolute atomic E-state index is 0.0115. The Labute approximate surface area is 466 Å². The zero-order chi connectivity index (χ0) is 56.1. The first kappa shape index (κ1) is 58.2. The number of piperazine rings is 1. The number of nitrogen functional groups attached to an aromatic ring is 1. The quantitative estimate of drug-likeness (QED) is 0.0488. The number of hydrogen-bond donors (Lipinski definition) is 5. The van der Waals surface area contributed by atoms with Gasteiger partial charge in [-0.1, -0.05) is 57.2 Å². The number of nitrogens with zero attached hydrogens (tertiary/aromatic N) is 7. The highest BCUT2D eigenvalue weighted by Gasteiger charge is 2.45. The third kappa shape index (κ3) is 15.7. The van der Waals surface area contributed by atoms with E-state index in [1.54, 1.807) is 35.6 Å². The fourth-order valence-corrected chi connectivity index (χ4v) is 10.9. The molecule has 424 valence electrons. The maximum Gasteiger partial charge on any atom is 0.246 e. The number of aliphatic hydroxyl groups excluding tert-OH is 1. The van der Waals surface area contributed by atoms with Crippen LogP contribution < -0.4 is 30.9 Å². The molecule has 5 heterocycles. The summed E-state index contributed by atoms with van der Waals surface area (Å²) in [4.78, 5) is 67.2. The molecule has 3 aliphatic heterocycles. The lowest BCUT2D eigenvalue weighted by molar-refractivity contribution is -0.144. The number of carbonyl (C=O) groups is 4. The Morgan fingerprint density at radius 2 is 1.47 bits per heavy atom. The number of aryl methyl sites for hydroxylation is 1. The van der Waals surface area contributed by atoms with Crippen molar-refractivity contribution in [2.45, 2.75) is 97.1 Å². The number of thiazole rings is 1. The Morgan fingerprint density at radius 1 is 0.810 bits per heavy atom. The molecule has 0 saturated carbocycles. The molecule has 0 spiro atoms. The smallest absolute Gasteiger partial charge is 0.246 e. The Balaban J connectivity index is 0.667. The number of β-amino-alcohol motifs (C(OH)–C–C–N with tert-alkyl or cyclic N) is 1. The minimum Gasteiger partial charge on any atom is -0.507 e. The molecular weight excluding hydrogens is 1030 g/mol. The van der Waals surface area contributed by atoms with Crippen molar-refractivity contribution in [2.75, 3.05) is 101 Å². The van der Waals surface area contributed by atoms with E-state index in [1.165, 1.54) is 4.90 Å². The molecule has 2 aromatic heterocycles. The first-order valence-corrected chi connectivity index (χ1v) is 28.2. The van der Waals surface area contributed by atoms with E-state index in [4.69, 9.17) is 24.7 Å². The molecule has 21 heteroatoms. The van der Waals surface area contributed by atoms with E-state index in [0.717, 1.165) is 65.5 Å². The van der Waals surface area contributed by atoms with Gasteiger partial charge in [-0.05, 0) is 79.6 Å². The van der Waals surface area contributed by atoms with E-state index in [1.807, 2.05) is 75.4 Å². The number of carbonyl (C=O) groups excluding carboxylic acids is 4. The number of anilines is 3. The number of aliphatic hydroxyl groups is 1. The van der Waals surface area contributed by atoms with Gasteiger partial charge in [0, 0.05) is 75.1 Å². The summed E-state index contributed by atoms with van der Waals surface area (Å²) in [5.41, 5.74) is 13.4. The molecule has 8 rings (SSSR count). The number of piperidine rings is 1. The van der Waals surface area contributed by atoms with Crippen LogP contribution in [-0.2, 0) is 33.4 Å². The summed E-state index contributed by atoms with van der Waals surface area (Å²) in [6, 6.07) is 23.0. The number of nitrogens with two attached hydrogens (primary N) is 1. The highest BCUT2D eigenvalue weighted by atomic mass is 32.1. The van der Waals surface area contributed by atoms with Gasteiger partial charge in [-0.2, -0.15) is 0 Å². The number of likely N-dealkylation sites (tertiary alicyclic amines) is 1. The third-order valence-electron chi connectivity index (χ3n) is 14.6. The van der Waals surface area contributed by atoms with Crippen molar-refractivity contribution < 1.29 is 48.3 Å². The van der Waals surface area contributed by atoms with Gasteiger partial charge >= 0.3 is 0 Å². The number of amides is 4. The third-order valence-corrected chi connectivity index (χ3v) is 15.6. The van der Waals surface area contributed by atoms with Crippen molar-refractivity contribution in [3.8, 4) is 33.2 Å². The average Bonchev–Trinajstić information content (AvgIpc) is 4.13. The summed E-state index contributed by atoms with van der Waals surface area (Å²) in [7, 11) is 0. The molecular formula is C58H76N10O10S. The van der Waals surface area contributed by atoms with Crippen molar-refractivity contribution in [3.05, 3.63) is 95.6 Å². The molecule has 0 aliphatic carbocycles. The molecule has 79 heavy (non-hydrogen) atoms. The fourth-order valence-electron chi connectivity index (χ4n) is 10.1. The lowest BCUT2D eigenvalue weighted by atomic mass is 9.85. The van der Waals surface area contributed by atoms with Crippen molar-refractivity contribution in [1.29, 1.82) is 0 Å². The van der Waals surface area contributed by atoms with E-state index in [-0.39, 0.29) is 93.7 Å². The van der Waals surface area contributed by atoms with Crippen LogP contribution >= 0.6 is 11.3 Å². The van der Waals surface area contributed by atoms with Crippen LogP contribution in [0.3, 0.4) is 0 Å². The van der Waals surface area contributed by atoms with Crippen LogP contribution in [0.25, 0.3) is 21.7 Å². The molecule has 3 saturated heterocycles. The van der Waals surface area contributed by atoms with E-state index in [2.05, 4.69) is 59.9 Å². The Morgan fingerprint density at radius 3 is 2.13 bits per heavy atom. The number of aromatic hydroxyl groups is 1. The fraction of sp³-hybridized carbons (Fsp3) is 0.500. The summed E-state index contributed by atoms with van der Waals surface area (Å²) in [6.45, 7) is 15.2. The van der Waals surface area contributed by atoms with Crippen LogP contribution in [0.1, 0.15) is 77.1 Å². The number of aromatic nitrogens is 3. The van der Waals surface area contributed by atoms with Crippen molar-refractivity contribution >= 4 is 52.2 Å². The average molecular weight is 1110 g/mol. The van der Waals surface area contributed by atoms with E-state index in [9.17, 15) is 29.4 Å². The van der Waals surface area contributed by atoms with Gasteiger partial charge in [0.15, 0.2) is 11.6 Å². The number of nitrogens with one attached hydrogen (secondary N) is 2. The van der Waals surface area contributed by atoms with Crippen LogP contribution in [-0.4, -0.2) is 169 Å². The van der Waals surface area contributed by atoms with Gasteiger partial charge < -0.3 is 65.1 Å². The van der Waals surface area contributed by atoms with Gasteiger partial charge in [-0.15, -0.1) is 21.5 Å². The summed E-state index contributed by atoms with van der Waals surface area (Å²) in [5, 5.41) is 35.1. The van der Waals surface area contributed by atoms with Gasteiger partial charge in [-0.25, -0.2) is 4.98 Å². The zero-order valence-corrected chi connectivity index (χ0v) is 46.8. The van der Waals surface area contributed by atoms with Crippen LogP contribution in [0.5, 0.6) is 11.5 Å². The lowest BCUT2D eigenvalue weighted by Gasteiger charge is -2.37. The SMILES string of the molecule is Cc1ncsc1-c1ccc(C(C)NC(=O)C2CC(O)CN2C(=O)C(NC(=O)CCOCCOCCOCCC(=O)N2CCN(c3ccc(N4CCCC(Oc5cc(-c6ccccc6O)nnc5N)C4)cc3)CC2)C(C)(C)C)cc1. The maximum atomic E-state index is 14.1. The molecule has 3 fully saturated rings. The predicted octanol–water partition coefficient (Wildman–Crippen LogP) is 5.76. The standard InChI is InChI=1S/C58H76N10O10S/c1-38(40-12-14-41(15-13-40)53-39(2)60-37-79-53)61-56(73)48-33-44(69)35-68(48)57(74)54(58(3,4)5)62-51(71)20-27-75-29-31-77-32-30-76-28-21-52(72)66-25-23-65(24-26-66)42-16-18-43(19-17-42)67-22-8-9-45(36-67)78-50-34-47(63-64-55(50)59)46-10-6-7-11-49(46)70/h6-7,10-19,34,37-38,44-45,48,54,69-70H,8-9,20-33,35-36H2,1-5H3,(H2,59,64)(H,61,73)(H,62,71). The minimum atomic E-state index is -0.947. The molecule has 0 bridgehead atoms. The van der Waals surface area contributed by atoms with Crippen LogP contribution in [0, 0.1) is 12.3 Å². The van der Waals surface area contributed by atoms with Gasteiger partial charge in [-0.3, -0.25) is 19.2 Å². The predicted molar refractivity (Wildman–Crippen MR) is 303 cm³/mol. The summed E-state index contributed by atoms with van der Waals surface area (Å²) >= 11 is 1.57. The molecule has 6 N–H and O–H groups in total. The Kier molecular flexibility index (Phi) is 20.1. The largest absolute Gasteiger partial charge is 0.507 e. The first-order valence-electron chi connectivity index (χ1n) is 27.3. The van der Waals surface area contributed by atoms with Gasteiger partial charge in [0.1, 0.15) is 29.6 Å². The molecule has 20 nitrogen and oxygen atoms in total. The van der Waals surface area contributed by atoms with Crippen molar-refractivity contribution in [1.82, 2.24) is 35.6 Å². The molecule has 4 amide bonds. The van der Waals surface area contributed by atoms with Crippen LogP contribution in [0.15, 0.2) is 84.4 Å². The van der Waals surface area contributed by atoms with Gasteiger partial charge in [0.05, 0.1) is 80.8 Å². The highest BCUT2D eigenvalue weighted by molar-refractivity contribution is 7.13. The van der Waals surface area contributed by atoms with Crippen LogP contribution in [0.2, 0.25) is 0 Å². The number of para-hydroxylation sites is 1. The second-order valence-electron chi connectivity index (χ2n) is 21.4. The van der Waals surface area contributed by atoms with Crippen molar-refractivity contribution in [3.63, 3.8) is 0 Å². The summed E-state index contributed by atoms with van der Waals surface area (Å²) < 4.78 is 23.4. The monoisotopic (exact) mass is 1100 g/mol. The van der Waals surface area contributed by atoms with E-state index in [0.29, 0.717) is 49.9 Å². The zero-order valence-electron chi connectivity index (χ0n) is 46.0. The topological polar surface area (TPSA) is 247 Å². The molecule has 3 aliphatic rings. The molecule has 5 unspecified atom stereocenters. The second kappa shape index (κ2) is 27.3. The maximum absolute atomic E-state index is 14.1. The first-order chi connectivity index (χ1) is 38.0. The highest BCUT2D eigenvalue weighted by Crippen LogP contribution is 2.34. The number of hydrogen-bond acceptors (Lipinski definition) is 17. The normalized spacial score (nSPS) is 18.5. The second-order valence-corrected chi connectivity index (χ2v) is 22.3. The number of phenols is 1. The number of ether oxygens (including phenoxy) is 4. The van der Waals surface area contributed by atoms with E-state index < -0.39 is 29.5 Å². The van der Waals surface area contributed by atoms with Crippen molar-refractivity contribution in [2.24, 2.45) is 5.41 Å². The molecule has 3 aromatic carbocycles.